The van der Waals surface area contributed by atoms with E-state index in [2.05, 4.69) is 0 Å². The maximum absolute atomic E-state index is 13.0. The van der Waals surface area contributed by atoms with E-state index < -0.39 is 17.4 Å². The van der Waals surface area contributed by atoms with Gasteiger partial charge in [-0.15, -0.1) is 0 Å². The van der Waals surface area contributed by atoms with Crippen molar-refractivity contribution in [1.82, 2.24) is 9.13 Å². The van der Waals surface area contributed by atoms with E-state index in [9.17, 15) is 14.4 Å². The third kappa shape index (κ3) is 3.18. The van der Waals surface area contributed by atoms with Crippen molar-refractivity contribution in [3.63, 3.8) is 0 Å². The van der Waals surface area contributed by atoms with Gasteiger partial charge < -0.3 is 4.74 Å². The number of aromatic nitrogens is 2. The van der Waals surface area contributed by atoms with Gasteiger partial charge in [0.1, 0.15) is 5.60 Å². The first-order valence-corrected chi connectivity index (χ1v) is 8.26. The number of carbonyl (C=O) groups is 2. The van der Waals surface area contributed by atoms with E-state index in [0.29, 0.717) is 22.3 Å². The van der Waals surface area contributed by atoms with Gasteiger partial charge in [-0.3, -0.25) is 9.36 Å². The third-order valence-corrected chi connectivity index (χ3v) is 3.85. The highest BCUT2D eigenvalue weighted by Crippen LogP contribution is 2.19. The van der Waals surface area contributed by atoms with Crippen LogP contribution in [0, 0.1) is 0 Å². The zero-order valence-corrected chi connectivity index (χ0v) is 15.1. The summed E-state index contributed by atoms with van der Waals surface area (Å²) >= 11 is 0. The van der Waals surface area contributed by atoms with Gasteiger partial charge in [-0.1, -0.05) is 12.1 Å². The quantitative estimate of drug-likeness (QED) is 0.658. The van der Waals surface area contributed by atoms with Crippen LogP contribution >= 0.6 is 0 Å². The molecule has 0 aliphatic heterocycles. The molecule has 3 aromatic rings. The number of fused-ring (bicyclic) bond motifs is 1. The van der Waals surface area contributed by atoms with Crippen LogP contribution < -0.4 is 5.69 Å². The van der Waals surface area contributed by atoms with Crippen molar-refractivity contribution in [1.29, 1.82) is 0 Å². The average Bonchev–Trinajstić information content (AvgIpc) is 2.85. The molecule has 0 radical (unpaired) electrons. The summed E-state index contributed by atoms with van der Waals surface area (Å²) in [6.07, 6.45) is -0.724. The molecule has 0 saturated carbocycles. The predicted octanol–water partition coefficient (Wildman–Crippen LogP) is 3.78. The smallest absolute Gasteiger partial charge is 0.423 e. The van der Waals surface area contributed by atoms with Crippen molar-refractivity contribution < 1.29 is 14.3 Å². The van der Waals surface area contributed by atoms with E-state index in [1.165, 1.54) is 11.5 Å². The maximum Gasteiger partial charge on any atom is 0.423 e. The first-order chi connectivity index (χ1) is 12.2. The monoisotopic (exact) mass is 352 g/mol. The minimum Gasteiger partial charge on any atom is -0.443 e. The molecule has 0 aliphatic rings. The van der Waals surface area contributed by atoms with Gasteiger partial charge in [0.25, 0.3) is 0 Å². The van der Waals surface area contributed by atoms with Gasteiger partial charge in [0, 0.05) is 5.56 Å². The van der Waals surface area contributed by atoms with Crippen LogP contribution in [0.2, 0.25) is 0 Å². The fraction of sp³-hybridized carbons (Fsp3) is 0.250. The Kier molecular flexibility index (Phi) is 4.28. The third-order valence-electron chi connectivity index (χ3n) is 3.85. The van der Waals surface area contributed by atoms with E-state index in [1.807, 2.05) is 0 Å². The summed E-state index contributed by atoms with van der Waals surface area (Å²) in [6.45, 7) is 6.72. The maximum atomic E-state index is 13.0. The van der Waals surface area contributed by atoms with Crippen LogP contribution in [-0.4, -0.2) is 26.6 Å². The molecule has 0 amide bonds. The molecule has 0 saturated heterocycles. The van der Waals surface area contributed by atoms with Gasteiger partial charge in [-0.05, 0) is 64.1 Å². The number of hydrogen-bond donors (Lipinski definition) is 0. The Morgan fingerprint density at radius 3 is 2.04 bits per heavy atom. The lowest BCUT2D eigenvalue weighted by Gasteiger charge is -2.19. The number of carbonyl (C=O) groups excluding carboxylic acids is 2. The molecule has 1 aromatic heterocycles. The number of imidazole rings is 1. The number of hydrogen-bond acceptors (Lipinski definition) is 4. The Bertz CT molecular complexity index is 1050. The SMILES string of the molecule is CC(=O)c1ccc(-n2c(=O)n(C(=O)OC(C)(C)C)c3ccccc32)cc1. The fourth-order valence-electron chi connectivity index (χ4n) is 2.73. The first kappa shape index (κ1) is 17.7. The summed E-state index contributed by atoms with van der Waals surface area (Å²) in [4.78, 5) is 37.0. The van der Waals surface area contributed by atoms with Crippen molar-refractivity contribution in [3.8, 4) is 5.69 Å². The fourth-order valence-corrected chi connectivity index (χ4v) is 2.73. The van der Waals surface area contributed by atoms with E-state index in [-0.39, 0.29) is 5.78 Å². The second-order valence-corrected chi connectivity index (χ2v) is 7.03. The molecular weight excluding hydrogens is 332 g/mol. The summed E-state index contributed by atoms with van der Waals surface area (Å²) in [7, 11) is 0. The van der Waals surface area contributed by atoms with Crippen molar-refractivity contribution in [2.45, 2.75) is 33.3 Å². The van der Waals surface area contributed by atoms with Crippen LogP contribution in [0.25, 0.3) is 16.7 Å². The van der Waals surface area contributed by atoms with Crippen LogP contribution in [0.5, 0.6) is 0 Å². The molecule has 0 unspecified atom stereocenters. The van der Waals surface area contributed by atoms with Crippen LogP contribution in [0.15, 0.2) is 53.3 Å². The van der Waals surface area contributed by atoms with Crippen LogP contribution in [-0.2, 0) is 4.74 Å². The summed E-state index contributed by atoms with van der Waals surface area (Å²) < 4.78 is 7.84. The molecule has 0 atom stereocenters. The lowest BCUT2D eigenvalue weighted by molar-refractivity contribution is 0.0537. The van der Waals surface area contributed by atoms with Crippen molar-refractivity contribution in [3.05, 3.63) is 64.6 Å². The molecule has 0 bridgehead atoms. The number of ether oxygens (including phenoxy) is 1. The summed E-state index contributed by atoms with van der Waals surface area (Å²) in [5.41, 5.74) is 0.927. The van der Waals surface area contributed by atoms with E-state index in [0.717, 1.165) is 4.57 Å². The van der Waals surface area contributed by atoms with Gasteiger partial charge in [-0.25, -0.2) is 9.59 Å². The van der Waals surface area contributed by atoms with Crippen LogP contribution in [0.1, 0.15) is 38.1 Å². The Balaban J connectivity index is 2.21. The lowest BCUT2D eigenvalue weighted by atomic mass is 10.1. The zero-order valence-electron chi connectivity index (χ0n) is 15.1. The lowest BCUT2D eigenvalue weighted by Crippen LogP contribution is -2.34. The average molecular weight is 352 g/mol. The van der Waals surface area contributed by atoms with Gasteiger partial charge in [-0.2, -0.15) is 4.57 Å². The Labute approximate surface area is 150 Å². The number of para-hydroxylation sites is 2. The minimum absolute atomic E-state index is 0.0555. The second kappa shape index (κ2) is 6.29. The molecule has 134 valence electrons. The van der Waals surface area contributed by atoms with Gasteiger partial charge >= 0.3 is 11.8 Å². The second-order valence-electron chi connectivity index (χ2n) is 7.03. The van der Waals surface area contributed by atoms with Crippen molar-refractivity contribution in [2.24, 2.45) is 0 Å². The normalized spacial score (nSPS) is 11.5. The van der Waals surface area contributed by atoms with E-state index in [1.54, 1.807) is 69.3 Å². The molecule has 0 fully saturated rings. The molecule has 0 N–H and O–H groups in total. The summed E-state index contributed by atoms with van der Waals surface area (Å²) in [5, 5.41) is 0. The van der Waals surface area contributed by atoms with E-state index in [4.69, 9.17) is 4.74 Å². The van der Waals surface area contributed by atoms with Crippen LogP contribution in [0.4, 0.5) is 4.79 Å². The molecule has 6 heteroatoms. The summed E-state index contributed by atoms with van der Waals surface area (Å²) in [5.74, 6) is -0.0555. The largest absolute Gasteiger partial charge is 0.443 e. The minimum atomic E-state index is -0.724. The molecule has 0 aliphatic carbocycles. The number of Topliss-reactive ketones (excluding diaryl/α,β-unsaturated/α-hetero) is 1. The molecule has 0 spiro atoms. The van der Waals surface area contributed by atoms with Crippen molar-refractivity contribution >= 4 is 22.9 Å². The number of ketones is 1. The molecular formula is C20H20N2O4. The predicted molar refractivity (Wildman–Crippen MR) is 99.2 cm³/mol. The molecule has 3 rings (SSSR count). The highest BCUT2D eigenvalue weighted by atomic mass is 16.6. The van der Waals surface area contributed by atoms with Crippen LogP contribution in [0.3, 0.4) is 0 Å². The molecule has 1 heterocycles. The Morgan fingerprint density at radius 1 is 0.923 bits per heavy atom. The molecule has 2 aromatic carbocycles. The highest BCUT2D eigenvalue weighted by Gasteiger charge is 2.24. The molecule has 6 nitrogen and oxygen atoms in total. The van der Waals surface area contributed by atoms with Crippen molar-refractivity contribution in [2.75, 3.05) is 0 Å². The summed E-state index contributed by atoms with van der Waals surface area (Å²) in [6, 6.07) is 13.7. The number of nitrogens with zero attached hydrogens (tertiary/aromatic N) is 2. The highest BCUT2D eigenvalue weighted by molar-refractivity contribution is 5.94. The standard InChI is InChI=1S/C20H20N2O4/c1-13(23)14-9-11-15(12-10-14)21-16-7-5-6-8-17(16)22(18(21)24)19(25)26-20(2,3)4/h5-12H,1-4H3. The van der Waals surface area contributed by atoms with E-state index >= 15 is 0 Å². The van der Waals surface area contributed by atoms with Gasteiger partial charge in [0.05, 0.1) is 16.7 Å². The first-order valence-electron chi connectivity index (χ1n) is 8.26. The number of rotatable bonds is 2. The Hall–Kier alpha value is -3.15. The van der Waals surface area contributed by atoms with Gasteiger partial charge in [0.15, 0.2) is 5.78 Å². The number of benzene rings is 2. The Morgan fingerprint density at radius 2 is 1.50 bits per heavy atom. The topological polar surface area (TPSA) is 70.3 Å². The molecule has 26 heavy (non-hydrogen) atoms. The van der Waals surface area contributed by atoms with Gasteiger partial charge in [0.2, 0.25) is 0 Å². The zero-order chi connectivity index (χ0) is 19.1.